The Bertz CT molecular complexity index is 579. The average molecular weight is 276 g/mol. The van der Waals surface area contributed by atoms with Crippen LogP contribution in [0, 0.1) is 12.7 Å². The van der Waals surface area contributed by atoms with Crippen LogP contribution in [-0.2, 0) is 7.05 Å². The molecule has 0 spiro atoms. The maximum atomic E-state index is 13.4. The summed E-state index contributed by atoms with van der Waals surface area (Å²) in [5.41, 5.74) is 8.96. The van der Waals surface area contributed by atoms with Crippen molar-refractivity contribution in [3.63, 3.8) is 0 Å². The monoisotopic (exact) mass is 276 g/mol. The van der Waals surface area contributed by atoms with Crippen molar-refractivity contribution in [2.45, 2.75) is 19.9 Å². The molecule has 0 aliphatic carbocycles. The summed E-state index contributed by atoms with van der Waals surface area (Å²) in [5, 5.41) is 4.27. The highest BCUT2D eigenvalue weighted by Gasteiger charge is 2.22. The van der Waals surface area contributed by atoms with Crippen LogP contribution in [0.2, 0.25) is 0 Å². The molecule has 5 heteroatoms. The van der Waals surface area contributed by atoms with Crippen molar-refractivity contribution in [1.82, 2.24) is 9.78 Å². The van der Waals surface area contributed by atoms with Crippen LogP contribution in [0.4, 0.5) is 10.1 Å². The Balaban J connectivity index is 2.40. The van der Waals surface area contributed by atoms with Crippen molar-refractivity contribution < 1.29 is 4.39 Å². The van der Waals surface area contributed by atoms with Gasteiger partial charge in [0.1, 0.15) is 5.82 Å². The van der Waals surface area contributed by atoms with E-state index in [4.69, 9.17) is 5.73 Å². The summed E-state index contributed by atoms with van der Waals surface area (Å²) in [6.07, 6.45) is 1.84. The summed E-state index contributed by atoms with van der Waals surface area (Å²) in [6.45, 7) is 5.26. The number of rotatable bonds is 5. The predicted molar refractivity (Wildman–Crippen MR) is 79.2 cm³/mol. The van der Waals surface area contributed by atoms with E-state index in [2.05, 4.69) is 10.00 Å². The van der Waals surface area contributed by atoms with E-state index in [0.29, 0.717) is 6.54 Å². The highest BCUT2D eigenvalue weighted by atomic mass is 19.1. The molecule has 0 aliphatic rings. The molecule has 2 N–H and O–H groups in total. The lowest BCUT2D eigenvalue weighted by molar-refractivity contribution is 0.614. The van der Waals surface area contributed by atoms with Gasteiger partial charge in [0, 0.05) is 37.1 Å². The Morgan fingerprint density at radius 2 is 2.20 bits per heavy atom. The normalized spacial score (nSPS) is 12.4. The van der Waals surface area contributed by atoms with Gasteiger partial charge in [0.25, 0.3) is 0 Å². The highest BCUT2D eigenvalue weighted by molar-refractivity contribution is 5.49. The maximum Gasteiger partial charge on any atom is 0.125 e. The molecule has 1 heterocycles. The number of anilines is 1. The first-order valence-corrected chi connectivity index (χ1v) is 6.79. The fourth-order valence-electron chi connectivity index (χ4n) is 2.50. The number of likely N-dealkylation sites (N-methyl/N-ethyl adjacent to an activating group) is 1. The van der Waals surface area contributed by atoms with Gasteiger partial charge in [0.15, 0.2) is 0 Å². The number of nitrogens with two attached hydrogens (primary N) is 1. The smallest absolute Gasteiger partial charge is 0.125 e. The van der Waals surface area contributed by atoms with Crippen LogP contribution >= 0.6 is 0 Å². The lowest BCUT2D eigenvalue weighted by Crippen LogP contribution is -2.34. The molecule has 2 rings (SSSR count). The lowest BCUT2D eigenvalue weighted by atomic mass is 10.1. The second-order valence-electron chi connectivity index (χ2n) is 4.83. The number of hydrogen-bond acceptors (Lipinski definition) is 3. The van der Waals surface area contributed by atoms with Crippen LogP contribution in [0.1, 0.15) is 24.2 Å². The molecule has 0 fully saturated rings. The molecule has 0 radical (unpaired) electrons. The van der Waals surface area contributed by atoms with E-state index in [1.165, 1.54) is 12.1 Å². The lowest BCUT2D eigenvalue weighted by Gasteiger charge is -2.32. The van der Waals surface area contributed by atoms with Crippen LogP contribution in [0.25, 0.3) is 0 Å². The number of nitrogens with zero attached hydrogens (tertiary/aromatic N) is 3. The van der Waals surface area contributed by atoms with Gasteiger partial charge in [-0.05, 0) is 32.0 Å². The Morgan fingerprint density at radius 3 is 2.70 bits per heavy atom. The summed E-state index contributed by atoms with van der Waals surface area (Å²) >= 11 is 0. The third-order valence-electron chi connectivity index (χ3n) is 3.71. The summed E-state index contributed by atoms with van der Waals surface area (Å²) in [4.78, 5) is 2.10. The molecule has 1 aromatic carbocycles. The number of aryl methyl sites for hydroxylation is 1. The first kappa shape index (κ1) is 14.5. The number of benzene rings is 1. The fourth-order valence-corrected chi connectivity index (χ4v) is 2.50. The van der Waals surface area contributed by atoms with Crippen LogP contribution in [0.3, 0.4) is 0 Å². The molecule has 20 heavy (non-hydrogen) atoms. The van der Waals surface area contributed by atoms with E-state index in [0.717, 1.165) is 23.5 Å². The molecule has 0 saturated heterocycles. The maximum absolute atomic E-state index is 13.4. The third kappa shape index (κ3) is 2.67. The zero-order chi connectivity index (χ0) is 14.7. The third-order valence-corrected chi connectivity index (χ3v) is 3.71. The van der Waals surface area contributed by atoms with Gasteiger partial charge in [-0.2, -0.15) is 5.10 Å². The van der Waals surface area contributed by atoms with Crippen molar-refractivity contribution in [3.05, 3.63) is 47.5 Å². The minimum atomic E-state index is -0.236. The molecule has 4 nitrogen and oxygen atoms in total. The minimum absolute atomic E-state index is 0.00417. The van der Waals surface area contributed by atoms with Crippen molar-refractivity contribution in [3.8, 4) is 0 Å². The summed E-state index contributed by atoms with van der Waals surface area (Å²) in [7, 11) is 1.91. The summed E-state index contributed by atoms with van der Waals surface area (Å²) in [6, 6.07) is 6.61. The number of halogens is 1. The van der Waals surface area contributed by atoms with Crippen molar-refractivity contribution in [2.24, 2.45) is 12.8 Å². The van der Waals surface area contributed by atoms with Gasteiger partial charge < -0.3 is 10.6 Å². The fraction of sp³-hybridized carbons (Fsp3) is 0.400. The minimum Gasteiger partial charge on any atom is -0.363 e. The van der Waals surface area contributed by atoms with Crippen molar-refractivity contribution >= 4 is 5.69 Å². The van der Waals surface area contributed by atoms with E-state index < -0.39 is 0 Å². The van der Waals surface area contributed by atoms with E-state index in [9.17, 15) is 4.39 Å². The predicted octanol–water partition coefficient (Wildman–Crippen LogP) is 2.39. The van der Waals surface area contributed by atoms with Gasteiger partial charge in [0.05, 0.1) is 12.2 Å². The Kier molecular flexibility index (Phi) is 4.39. The van der Waals surface area contributed by atoms with Crippen LogP contribution in [0.5, 0.6) is 0 Å². The molecule has 0 saturated carbocycles. The Labute approximate surface area is 119 Å². The molecule has 0 aliphatic heterocycles. The van der Waals surface area contributed by atoms with E-state index in [1.807, 2.05) is 37.8 Å². The van der Waals surface area contributed by atoms with Gasteiger partial charge in [-0.15, -0.1) is 0 Å². The molecule has 0 amide bonds. The molecule has 0 bridgehead atoms. The topological polar surface area (TPSA) is 47.1 Å². The van der Waals surface area contributed by atoms with Gasteiger partial charge in [-0.25, -0.2) is 4.39 Å². The van der Waals surface area contributed by atoms with E-state index >= 15 is 0 Å². The molecule has 2 aromatic rings. The molecular formula is C15H21FN4. The molecular weight excluding hydrogens is 255 g/mol. The molecule has 108 valence electrons. The molecule has 1 aromatic heterocycles. The first-order valence-electron chi connectivity index (χ1n) is 6.79. The molecule has 1 atom stereocenters. The standard InChI is InChI=1S/C15H21FN4/c1-4-20(13-7-5-6-12(16)8-13)15(9-17)14-10-18-19(3)11(14)2/h5-8,10,15H,4,9,17H2,1-3H3. The first-order chi connectivity index (χ1) is 9.58. The quantitative estimate of drug-likeness (QED) is 0.912. The van der Waals surface area contributed by atoms with Crippen LogP contribution < -0.4 is 10.6 Å². The largest absolute Gasteiger partial charge is 0.363 e. The average Bonchev–Trinajstić information content (AvgIpc) is 2.76. The zero-order valence-electron chi connectivity index (χ0n) is 12.2. The zero-order valence-corrected chi connectivity index (χ0v) is 12.2. The SMILES string of the molecule is CCN(c1cccc(F)c1)C(CN)c1cnn(C)c1C. The number of hydrogen-bond donors (Lipinski definition) is 1. The Hall–Kier alpha value is -1.88. The summed E-state index contributed by atoms with van der Waals surface area (Å²) < 4.78 is 15.3. The van der Waals surface area contributed by atoms with Gasteiger partial charge in [0.2, 0.25) is 0 Å². The summed E-state index contributed by atoms with van der Waals surface area (Å²) in [5.74, 6) is -0.236. The molecule has 1 unspecified atom stereocenters. The van der Waals surface area contributed by atoms with Crippen molar-refractivity contribution in [1.29, 1.82) is 0 Å². The van der Waals surface area contributed by atoms with Gasteiger partial charge in [-0.1, -0.05) is 6.07 Å². The highest BCUT2D eigenvalue weighted by Crippen LogP contribution is 2.28. The van der Waals surface area contributed by atoms with Gasteiger partial charge in [-0.3, -0.25) is 4.68 Å². The van der Waals surface area contributed by atoms with E-state index in [1.54, 1.807) is 6.07 Å². The van der Waals surface area contributed by atoms with Crippen LogP contribution in [-0.4, -0.2) is 22.9 Å². The Morgan fingerprint density at radius 1 is 1.45 bits per heavy atom. The second kappa shape index (κ2) is 6.05. The van der Waals surface area contributed by atoms with Crippen molar-refractivity contribution in [2.75, 3.05) is 18.0 Å². The van der Waals surface area contributed by atoms with Crippen LogP contribution in [0.15, 0.2) is 30.5 Å². The number of aromatic nitrogens is 2. The van der Waals surface area contributed by atoms with Gasteiger partial charge >= 0.3 is 0 Å². The van der Waals surface area contributed by atoms with E-state index in [-0.39, 0.29) is 11.9 Å². The second-order valence-corrected chi connectivity index (χ2v) is 4.83.